The number of carbonyl (C=O) groups excluding carboxylic acids is 1. The zero-order chi connectivity index (χ0) is 20.4. The van der Waals surface area contributed by atoms with E-state index in [-0.39, 0.29) is 23.3 Å². The fraction of sp³-hybridized carbons (Fsp3) is 0.409. The van der Waals surface area contributed by atoms with Crippen molar-refractivity contribution in [3.8, 4) is 0 Å². The first-order valence-corrected chi connectivity index (χ1v) is 10.00. The van der Waals surface area contributed by atoms with E-state index in [2.05, 4.69) is 9.80 Å². The number of halogens is 3. The van der Waals surface area contributed by atoms with Gasteiger partial charge in [0.2, 0.25) is 0 Å². The van der Waals surface area contributed by atoms with Gasteiger partial charge in [-0.05, 0) is 55.3 Å². The third-order valence-corrected chi connectivity index (χ3v) is 5.87. The quantitative estimate of drug-likeness (QED) is 0.785. The number of likely N-dealkylation sites (tertiary alicyclic amines) is 1. The van der Waals surface area contributed by atoms with Gasteiger partial charge in [0.15, 0.2) is 11.6 Å². The second-order valence-electron chi connectivity index (χ2n) is 7.68. The Morgan fingerprint density at radius 3 is 2.28 bits per heavy atom. The van der Waals surface area contributed by atoms with Crippen molar-refractivity contribution < 1.29 is 18.0 Å². The van der Waals surface area contributed by atoms with Crippen LogP contribution in [0.1, 0.15) is 23.2 Å². The van der Waals surface area contributed by atoms with Gasteiger partial charge in [0.05, 0.1) is 0 Å². The fourth-order valence-electron chi connectivity index (χ4n) is 4.25. The maximum Gasteiger partial charge on any atom is 0.254 e. The first-order chi connectivity index (χ1) is 14.0. The molecule has 29 heavy (non-hydrogen) atoms. The summed E-state index contributed by atoms with van der Waals surface area (Å²) in [5.41, 5.74) is 1.20. The van der Waals surface area contributed by atoms with Crippen LogP contribution in [0.5, 0.6) is 0 Å². The second-order valence-corrected chi connectivity index (χ2v) is 7.68. The van der Waals surface area contributed by atoms with Crippen LogP contribution in [0.3, 0.4) is 0 Å². The smallest absolute Gasteiger partial charge is 0.254 e. The molecular weight excluding hydrogens is 379 g/mol. The molecule has 0 unspecified atom stereocenters. The zero-order valence-corrected chi connectivity index (χ0v) is 16.2. The van der Waals surface area contributed by atoms with Crippen molar-refractivity contribution in [2.24, 2.45) is 0 Å². The Kier molecular flexibility index (Phi) is 5.76. The number of rotatable bonds is 3. The molecule has 0 radical (unpaired) electrons. The van der Waals surface area contributed by atoms with Gasteiger partial charge < -0.3 is 9.80 Å². The van der Waals surface area contributed by atoms with Crippen LogP contribution in [0, 0.1) is 17.5 Å². The van der Waals surface area contributed by atoms with Gasteiger partial charge in [0, 0.05) is 56.6 Å². The minimum absolute atomic E-state index is 0.186. The lowest BCUT2D eigenvalue weighted by Gasteiger charge is -2.44. The SMILES string of the molecule is O=C(c1ccc(F)c(F)c1)N1CCC[C@@H](N2CCN(c3ccc(F)cc3)CC2)C1. The molecule has 0 aliphatic carbocycles. The first-order valence-electron chi connectivity index (χ1n) is 10.00. The summed E-state index contributed by atoms with van der Waals surface area (Å²) in [5.74, 6) is -2.43. The van der Waals surface area contributed by atoms with Crippen LogP contribution in [0.4, 0.5) is 18.9 Å². The Balaban J connectivity index is 1.36. The van der Waals surface area contributed by atoms with E-state index in [1.54, 1.807) is 17.0 Å². The zero-order valence-electron chi connectivity index (χ0n) is 16.2. The van der Waals surface area contributed by atoms with Gasteiger partial charge in [0.1, 0.15) is 5.82 Å². The molecule has 2 saturated heterocycles. The summed E-state index contributed by atoms with van der Waals surface area (Å²) in [6, 6.07) is 10.1. The lowest BCUT2D eigenvalue weighted by molar-refractivity contribution is 0.0563. The van der Waals surface area contributed by atoms with Crippen molar-refractivity contribution in [1.82, 2.24) is 9.80 Å². The molecule has 2 aliphatic heterocycles. The van der Waals surface area contributed by atoms with Crippen LogP contribution >= 0.6 is 0 Å². The second kappa shape index (κ2) is 8.45. The van der Waals surface area contributed by atoms with E-state index >= 15 is 0 Å². The lowest BCUT2D eigenvalue weighted by Crippen LogP contribution is -2.55. The molecule has 0 N–H and O–H groups in total. The number of hydrogen-bond acceptors (Lipinski definition) is 3. The molecule has 7 heteroatoms. The number of amides is 1. The van der Waals surface area contributed by atoms with Crippen LogP contribution in [-0.4, -0.2) is 61.0 Å². The van der Waals surface area contributed by atoms with Crippen molar-refractivity contribution in [3.63, 3.8) is 0 Å². The lowest BCUT2D eigenvalue weighted by atomic mass is 10.0. The van der Waals surface area contributed by atoms with Gasteiger partial charge in [-0.25, -0.2) is 13.2 Å². The molecule has 4 nitrogen and oxygen atoms in total. The molecule has 0 spiro atoms. The van der Waals surface area contributed by atoms with Crippen molar-refractivity contribution in [1.29, 1.82) is 0 Å². The first kappa shape index (κ1) is 19.8. The maximum atomic E-state index is 13.5. The molecular formula is C22H24F3N3O. The van der Waals surface area contributed by atoms with E-state index in [9.17, 15) is 18.0 Å². The van der Waals surface area contributed by atoms with Gasteiger partial charge in [-0.2, -0.15) is 0 Å². The van der Waals surface area contributed by atoms with Gasteiger partial charge in [-0.15, -0.1) is 0 Å². The summed E-state index contributed by atoms with van der Waals surface area (Å²) in [5, 5.41) is 0. The molecule has 154 valence electrons. The molecule has 2 aliphatic rings. The average Bonchev–Trinajstić information content (AvgIpc) is 2.76. The largest absolute Gasteiger partial charge is 0.369 e. The van der Waals surface area contributed by atoms with Crippen LogP contribution in [0.25, 0.3) is 0 Å². The van der Waals surface area contributed by atoms with E-state index in [0.717, 1.165) is 56.8 Å². The van der Waals surface area contributed by atoms with Crippen LogP contribution < -0.4 is 4.90 Å². The predicted molar refractivity (Wildman–Crippen MR) is 105 cm³/mol. The highest BCUT2D eigenvalue weighted by molar-refractivity contribution is 5.94. The summed E-state index contributed by atoms with van der Waals surface area (Å²) < 4.78 is 39.8. The molecule has 2 heterocycles. The highest BCUT2D eigenvalue weighted by Crippen LogP contribution is 2.22. The molecule has 2 fully saturated rings. The van der Waals surface area contributed by atoms with E-state index in [0.29, 0.717) is 13.1 Å². The Morgan fingerprint density at radius 2 is 1.59 bits per heavy atom. The van der Waals surface area contributed by atoms with Gasteiger partial charge in [-0.1, -0.05) is 0 Å². The Morgan fingerprint density at radius 1 is 0.862 bits per heavy atom. The third-order valence-electron chi connectivity index (χ3n) is 5.87. The minimum atomic E-state index is -0.999. The number of anilines is 1. The number of nitrogens with zero attached hydrogens (tertiary/aromatic N) is 3. The number of piperazine rings is 1. The molecule has 4 rings (SSSR count). The normalized spacial score (nSPS) is 20.7. The van der Waals surface area contributed by atoms with Crippen LogP contribution in [0.15, 0.2) is 42.5 Å². The molecule has 2 aromatic carbocycles. The summed E-state index contributed by atoms with van der Waals surface area (Å²) in [7, 11) is 0. The highest BCUT2D eigenvalue weighted by Gasteiger charge is 2.30. The number of carbonyl (C=O) groups is 1. The van der Waals surface area contributed by atoms with Crippen molar-refractivity contribution >= 4 is 11.6 Å². The Hall–Kier alpha value is -2.54. The van der Waals surface area contributed by atoms with Crippen molar-refractivity contribution in [2.45, 2.75) is 18.9 Å². The van der Waals surface area contributed by atoms with E-state index in [1.165, 1.54) is 18.2 Å². The van der Waals surface area contributed by atoms with Gasteiger partial charge in [-0.3, -0.25) is 9.69 Å². The number of hydrogen-bond donors (Lipinski definition) is 0. The summed E-state index contributed by atoms with van der Waals surface area (Å²) >= 11 is 0. The summed E-state index contributed by atoms with van der Waals surface area (Å²) in [6.45, 7) is 4.65. The average molecular weight is 403 g/mol. The molecule has 0 bridgehead atoms. The van der Waals surface area contributed by atoms with E-state index < -0.39 is 11.6 Å². The topological polar surface area (TPSA) is 26.8 Å². The predicted octanol–water partition coefficient (Wildman–Crippen LogP) is 3.53. The van der Waals surface area contributed by atoms with Crippen molar-refractivity contribution in [3.05, 3.63) is 65.5 Å². The maximum absolute atomic E-state index is 13.5. The van der Waals surface area contributed by atoms with E-state index in [4.69, 9.17) is 0 Å². The van der Waals surface area contributed by atoms with Crippen LogP contribution in [0.2, 0.25) is 0 Å². The number of benzene rings is 2. The summed E-state index contributed by atoms with van der Waals surface area (Å²) in [6.07, 6.45) is 1.90. The monoisotopic (exact) mass is 403 g/mol. The standard InChI is InChI=1S/C22H24F3N3O/c23-17-4-6-18(7-5-17)26-10-12-27(13-11-26)19-2-1-9-28(15-19)22(29)16-3-8-20(24)21(25)14-16/h3-8,14,19H,1-2,9-13,15H2/t19-/m1/s1. The molecule has 1 amide bonds. The summed E-state index contributed by atoms with van der Waals surface area (Å²) in [4.78, 5) is 19.1. The number of piperidine rings is 1. The molecule has 1 atom stereocenters. The Labute approximate surface area is 168 Å². The highest BCUT2D eigenvalue weighted by atomic mass is 19.2. The fourth-order valence-corrected chi connectivity index (χ4v) is 4.25. The van der Waals surface area contributed by atoms with Gasteiger partial charge >= 0.3 is 0 Å². The molecule has 0 aromatic heterocycles. The molecule has 2 aromatic rings. The van der Waals surface area contributed by atoms with Crippen LogP contribution in [-0.2, 0) is 0 Å². The third kappa shape index (κ3) is 4.40. The minimum Gasteiger partial charge on any atom is -0.369 e. The Bertz CT molecular complexity index is 866. The van der Waals surface area contributed by atoms with Gasteiger partial charge in [0.25, 0.3) is 5.91 Å². The molecule has 0 saturated carbocycles. The van der Waals surface area contributed by atoms with E-state index in [1.807, 2.05) is 0 Å². The van der Waals surface area contributed by atoms with Crippen molar-refractivity contribution in [2.75, 3.05) is 44.2 Å².